The molecule has 0 bridgehead atoms. The van der Waals surface area contributed by atoms with Crippen molar-refractivity contribution in [1.29, 1.82) is 0 Å². The van der Waals surface area contributed by atoms with Crippen LogP contribution >= 0.6 is 0 Å². The Morgan fingerprint density at radius 3 is 2.33 bits per heavy atom. The Balaban J connectivity index is 3.72. The van der Waals surface area contributed by atoms with Crippen LogP contribution < -0.4 is 0 Å². The van der Waals surface area contributed by atoms with E-state index in [1.165, 1.54) is 6.26 Å². The molecule has 0 saturated carbocycles. The SMILES string of the molecule is C=COCCCCCOC(=O)C(CC)C(C)(C)C. The molecule has 0 N–H and O–H groups in total. The lowest BCUT2D eigenvalue weighted by molar-refractivity contribution is -0.152. The van der Waals surface area contributed by atoms with Gasteiger partial charge < -0.3 is 9.47 Å². The third-order valence-corrected chi connectivity index (χ3v) is 3.01. The highest BCUT2D eigenvalue weighted by Crippen LogP contribution is 2.29. The quantitative estimate of drug-likeness (QED) is 0.356. The van der Waals surface area contributed by atoms with Crippen LogP contribution in [-0.4, -0.2) is 19.2 Å². The topological polar surface area (TPSA) is 35.5 Å². The molecule has 18 heavy (non-hydrogen) atoms. The Kier molecular flexibility index (Phi) is 8.51. The van der Waals surface area contributed by atoms with Crippen LogP contribution in [0.1, 0.15) is 53.4 Å². The predicted molar refractivity (Wildman–Crippen MR) is 74.2 cm³/mol. The fourth-order valence-corrected chi connectivity index (χ4v) is 1.95. The van der Waals surface area contributed by atoms with Crippen molar-refractivity contribution in [2.75, 3.05) is 13.2 Å². The summed E-state index contributed by atoms with van der Waals surface area (Å²) >= 11 is 0. The monoisotopic (exact) mass is 256 g/mol. The summed E-state index contributed by atoms with van der Waals surface area (Å²) in [5.74, 6) is -0.0751. The zero-order chi connectivity index (χ0) is 14.0. The average Bonchev–Trinajstić information content (AvgIpc) is 2.27. The largest absolute Gasteiger partial charge is 0.502 e. The van der Waals surface area contributed by atoms with Gasteiger partial charge in [-0.3, -0.25) is 4.79 Å². The molecule has 0 saturated heterocycles. The number of unbranched alkanes of at least 4 members (excludes halogenated alkanes) is 2. The van der Waals surface area contributed by atoms with Gasteiger partial charge in [-0.15, -0.1) is 0 Å². The molecule has 0 radical (unpaired) electrons. The highest BCUT2D eigenvalue weighted by atomic mass is 16.5. The van der Waals surface area contributed by atoms with Gasteiger partial charge in [0.05, 0.1) is 25.4 Å². The first-order chi connectivity index (χ1) is 8.43. The summed E-state index contributed by atoms with van der Waals surface area (Å²) in [6.45, 7) is 12.9. The first-order valence-corrected chi connectivity index (χ1v) is 6.82. The van der Waals surface area contributed by atoms with Crippen molar-refractivity contribution in [3.05, 3.63) is 12.8 Å². The maximum Gasteiger partial charge on any atom is 0.309 e. The number of ether oxygens (including phenoxy) is 2. The Hall–Kier alpha value is -0.990. The highest BCUT2D eigenvalue weighted by Gasteiger charge is 2.30. The van der Waals surface area contributed by atoms with Crippen LogP contribution in [0, 0.1) is 11.3 Å². The minimum absolute atomic E-state index is 0.0124. The summed E-state index contributed by atoms with van der Waals surface area (Å²) in [4.78, 5) is 11.9. The van der Waals surface area contributed by atoms with Crippen molar-refractivity contribution in [2.24, 2.45) is 11.3 Å². The summed E-state index contributed by atoms with van der Waals surface area (Å²) in [6, 6.07) is 0. The van der Waals surface area contributed by atoms with Gasteiger partial charge in [0.1, 0.15) is 0 Å². The zero-order valence-corrected chi connectivity index (χ0v) is 12.3. The van der Waals surface area contributed by atoms with E-state index in [9.17, 15) is 4.79 Å². The van der Waals surface area contributed by atoms with Gasteiger partial charge in [0, 0.05) is 0 Å². The first-order valence-electron chi connectivity index (χ1n) is 6.82. The van der Waals surface area contributed by atoms with E-state index < -0.39 is 0 Å². The van der Waals surface area contributed by atoms with Crippen molar-refractivity contribution in [1.82, 2.24) is 0 Å². The summed E-state index contributed by atoms with van der Waals surface area (Å²) in [6.07, 6.45) is 5.16. The maximum atomic E-state index is 11.9. The van der Waals surface area contributed by atoms with Crippen LogP contribution in [0.25, 0.3) is 0 Å². The molecule has 0 amide bonds. The number of carbonyl (C=O) groups excluding carboxylic acids is 1. The van der Waals surface area contributed by atoms with E-state index in [1.807, 2.05) is 6.92 Å². The molecule has 0 aromatic carbocycles. The molecule has 1 unspecified atom stereocenters. The summed E-state index contributed by atoms with van der Waals surface area (Å²) in [5.41, 5.74) is -0.0242. The molecular formula is C15H28O3. The van der Waals surface area contributed by atoms with Gasteiger partial charge in [-0.1, -0.05) is 34.3 Å². The van der Waals surface area contributed by atoms with Gasteiger partial charge in [0.15, 0.2) is 0 Å². The van der Waals surface area contributed by atoms with Crippen LogP contribution in [0.5, 0.6) is 0 Å². The van der Waals surface area contributed by atoms with E-state index in [2.05, 4.69) is 27.4 Å². The van der Waals surface area contributed by atoms with E-state index in [4.69, 9.17) is 9.47 Å². The van der Waals surface area contributed by atoms with Crippen molar-refractivity contribution in [3.63, 3.8) is 0 Å². The van der Waals surface area contributed by atoms with Crippen molar-refractivity contribution < 1.29 is 14.3 Å². The van der Waals surface area contributed by atoms with Crippen LogP contribution in [-0.2, 0) is 14.3 Å². The fourth-order valence-electron chi connectivity index (χ4n) is 1.95. The number of rotatable bonds is 9. The van der Waals surface area contributed by atoms with Gasteiger partial charge in [0.25, 0.3) is 0 Å². The molecule has 0 aliphatic heterocycles. The van der Waals surface area contributed by atoms with Gasteiger partial charge >= 0.3 is 5.97 Å². The number of hydrogen-bond donors (Lipinski definition) is 0. The van der Waals surface area contributed by atoms with Crippen molar-refractivity contribution >= 4 is 5.97 Å². The van der Waals surface area contributed by atoms with Crippen LogP contribution in [0.4, 0.5) is 0 Å². The van der Waals surface area contributed by atoms with Gasteiger partial charge in [-0.25, -0.2) is 0 Å². The minimum Gasteiger partial charge on any atom is -0.502 e. The van der Waals surface area contributed by atoms with E-state index >= 15 is 0 Å². The molecule has 3 nitrogen and oxygen atoms in total. The number of hydrogen-bond acceptors (Lipinski definition) is 3. The minimum atomic E-state index is -0.0626. The summed E-state index contributed by atoms with van der Waals surface area (Å²) < 4.78 is 10.3. The standard InChI is InChI=1S/C15H28O3/c1-6-13(15(3,4)5)14(16)18-12-10-8-9-11-17-7-2/h7,13H,2,6,8-12H2,1,3-5H3. The molecule has 0 aromatic rings. The Bertz CT molecular complexity index is 241. The molecule has 0 heterocycles. The van der Waals surface area contributed by atoms with Crippen LogP contribution in [0.15, 0.2) is 12.8 Å². The smallest absolute Gasteiger partial charge is 0.309 e. The fraction of sp³-hybridized carbons (Fsp3) is 0.800. The molecular weight excluding hydrogens is 228 g/mol. The highest BCUT2D eigenvalue weighted by molar-refractivity contribution is 5.73. The molecule has 0 aromatic heterocycles. The third-order valence-electron chi connectivity index (χ3n) is 3.01. The lowest BCUT2D eigenvalue weighted by atomic mass is 9.79. The average molecular weight is 256 g/mol. The predicted octanol–water partition coefficient (Wildman–Crippen LogP) is 3.93. The van der Waals surface area contributed by atoms with E-state index in [-0.39, 0.29) is 17.3 Å². The Morgan fingerprint density at radius 1 is 1.22 bits per heavy atom. The molecule has 1 atom stereocenters. The van der Waals surface area contributed by atoms with Gasteiger partial charge in [-0.2, -0.15) is 0 Å². The normalized spacial score (nSPS) is 12.9. The van der Waals surface area contributed by atoms with E-state index in [0.717, 1.165) is 25.7 Å². The van der Waals surface area contributed by atoms with Crippen molar-refractivity contribution in [2.45, 2.75) is 53.4 Å². The second kappa shape index (κ2) is 9.01. The second-order valence-corrected chi connectivity index (χ2v) is 5.59. The van der Waals surface area contributed by atoms with Gasteiger partial charge in [0.2, 0.25) is 0 Å². The molecule has 106 valence electrons. The molecule has 3 heteroatoms. The molecule has 0 rings (SSSR count). The number of esters is 1. The molecule has 0 fully saturated rings. The van der Waals surface area contributed by atoms with Crippen LogP contribution in [0.3, 0.4) is 0 Å². The lowest BCUT2D eigenvalue weighted by Gasteiger charge is -2.27. The Morgan fingerprint density at radius 2 is 1.83 bits per heavy atom. The van der Waals surface area contributed by atoms with Crippen molar-refractivity contribution in [3.8, 4) is 0 Å². The molecule has 0 aliphatic carbocycles. The summed E-state index contributed by atoms with van der Waals surface area (Å²) in [7, 11) is 0. The van der Waals surface area contributed by atoms with Crippen LogP contribution in [0.2, 0.25) is 0 Å². The second-order valence-electron chi connectivity index (χ2n) is 5.59. The van der Waals surface area contributed by atoms with Gasteiger partial charge in [-0.05, 0) is 31.1 Å². The first kappa shape index (κ1) is 17.0. The Labute approximate surface area is 112 Å². The van der Waals surface area contributed by atoms with E-state index in [0.29, 0.717) is 13.2 Å². The molecule has 0 spiro atoms. The molecule has 0 aliphatic rings. The maximum absolute atomic E-state index is 11.9. The van der Waals surface area contributed by atoms with E-state index in [1.54, 1.807) is 0 Å². The third kappa shape index (κ3) is 7.36. The zero-order valence-electron chi connectivity index (χ0n) is 12.3. The summed E-state index contributed by atoms with van der Waals surface area (Å²) in [5, 5.41) is 0. The lowest BCUT2D eigenvalue weighted by Crippen LogP contribution is -2.29. The number of carbonyl (C=O) groups is 1.